The molecule has 0 aliphatic carbocycles. The van der Waals surface area contributed by atoms with Crippen molar-refractivity contribution < 1.29 is 22.4 Å². The van der Waals surface area contributed by atoms with Crippen LogP contribution in [0.5, 0.6) is 0 Å². The molecule has 1 unspecified atom stereocenters. The zero-order chi connectivity index (χ0) is 14.9. The van der Waals surface area contributed by atoms with Crippen molar-refractivity contribution in [2.24, 2.45) is 5.14 Å². The number of rotatable bonds is 3. The van der Waals surface area contributed by atoms with Gasteiger partial charge in [-0.1, -0.05) is 11.8 Å². The minimum atomic E-state index is -4.00. The van der Waals surface area contributed by atoms with E-state index in [1.54, 1.807) is 0 Å². The van der Waals surface area contributed by atoms with Crippen molar-refractivity contribution in [2.75, 3.05) is 11.1 Å². The minimum Gasteiger partial charge on any atom is -0.334 e. The first-order valence-electron chi connectivity index (χ1n) is 5.34. The molecule has 1 atom stereocenters. The Kier molecular flexibility index (Phi) is 3.97. The third-order valence-electron chi connectivity index (χ3n) is 2.51. The Morgan fingerprint density at radius 2 is 2.20 bits per heavy atom. The van der Waals surface area contributed by atoms with E-state index in [2.05, 4.69) is 10.6 Å². The van der Waals surface area contributed by atoms with E-state index in [0.717, 1.165) is 30.0 Å². The molecule has 2 rings (SSSR count). The van der Waals surface area contributed by atoms with Crippen LogP contribution in [0.25, 0.3) is 0 Å². The highest BCUT2D eigenvalue weighted by Gasteiger charge is 2.28. The van der Waals surface area contributed by atoms with Gasteiger partial charge in [-0.3, -0.25) is 9.59 Å². The van der Waals surface area contributed by atoms with E-state index in [4.69, 9.17) is 5.14 Å². The highest BCUT2D eigenvalue weighted by Crippen LogP contribution is 2.20. The number of hydrogen-bond acceptors (Lipinski definition) is 5. The first-order valence-corrected chi connectivity index (χ1v) is 7.87. The number of nitrogens with one attached hydrogen (secondary N) is 2. The molecule has 0 bridgehead atoms. The number of hydrogen-bond donors (Lipinski definition) is 3. The second kappa shape index (κ2) is 5.38. The largest absolute Gasteiger partial charge is 0.334 e. The lowest BCUT2D eigenvalue weighted by molar-refractivity contribution is -0.117. The topological polar surface area (TPSA) is 118 Å². The van der Waals surface area contributed by atoms with Crippen LogP contribution in [0, 0.1) is 5.82 Å². The van der Waals surface area contributed by atoms with Gasteiger partial charge in [-0.15, -0.1) is 0 Å². The van der Waals surface area contributed by atoms with Gasteiger partial charge in [0.2, 0.25) is 15.9 Å². The lowest BCUT2D eigenvalue weighted by Crippen LogP contribution is -2.38. The van der Waals surface area contributed by atoms with Crippen LogP contribution in [-0.4, -0.2) is 31.4 Å². The van der Waals surface area contributed by atoms with Crippen molar-refractivity contribution >= 4 is 38.6 Å². The molecular formula is C10H10FN3O4S2. The fourth-order valence-electron chi connectivity index (χ4n) is 1.52. The van der Waals surface area contributed by atoms with Crippen LogP contribution in [0.4, 0.5) is 14.9 Å². The molecule has 1 aliphatic rings. The van der Waals surface area contributed by atoms with E-state index in [0.29, 0.717) is 0 Å². The van der Waals surface area contributed by atoms with Crippen LogP contribution in [0.15, 0.2) is 23.1 Å². The van der Waals surface area contributed by atoms with Gasteiger partial charge in [-0.05, 0) is 18.2 Å². The van der Waals surface area contributed by atoms with Crippen molar-refractivity contribution in [1.29, 1.82) is 0 Å². The molecule has 1 aromatic carbocycles. The Hall–Kier alpha value is -1.65. The Balaban J connectivity index is 2.20. The van der Waals surface area contributed by atoms with Gasteiger partial charge in [0.15, 0.2) is 0 Å². The minimum absolute atomic E-state index is 0.223. The predicted molar refractivity (Wildman–Crippen MR) is 71.2 cm³/mol. The summed E-state index contributed by atoms with van der Waals surface area (Å²) in [4.78, 5) is 22.4. The number of primary sulfonamides is 1. The summed E-state index contributed by atoms with van der Waals surface area (Å²) in [6, 6.07) is 2.02. The van der Waals surface area contributed by atoms with Gasteiger partial charge in [0.25, 0.3) is 5.24 Å². The van der Waals surface area contributed by atoms with Crippen molar-refractivity contribution in [3.05, 3.63) is 24.0 Å². The van der Waals surface area contributed by atoms with E-state index >= 15 is 0 Å². The van der Waals surface area contributed by atoms with E-state index in [1.165, 1.54) is 0 Å². The summed E-state index contributed by atoms with van der Waals surface area (Å²) in [5.41, 5.74) is -0.312. The molecular weight excluding hydrogens is 309 g/mol. The zero-order valence-corrected chi connectivity index (χ0v) is 11.6. The average molecular weight is 319 g/mol. The van der Waals surface area contributed by atoms with Crippen LogP contribution < -0.4 is 15.8 Å². The quantitative estimate of drug-likeness (QED) is 0.737. The summed E-state index contributed by atoms with van der Waals surface area (Å²) < 4.78 is 35.9. The number of benzene rings is 1. The number of thioether (sulfide) groups is 1. The van der Waals surface area contributed by atoms with Gasteiger partial charge in [-0.2, -0.15) is 0 Å². The number of anilines is 1. The molecule has 2 amide bonds. The molecule has 1 aliphatic heterocycles. The maximum absolute atomic E-state index is 13.5. The molecule has 10 heteroatoms. The molecule has 1 heterocycles. The summed E-state index contributed by atoms with van der Waals surface area (Å²) >= 11 is 0.935. The predicted octanol–water partition coefficient (Wildman–Crippen LogP) is 0.237. The number of halogens is 1. The first kappa shape index (κ1) is 14.8. The van der Waals surface area contributed by atoms with Gasteiger partial charge in [0.1, 0.15) is 11.9 Å². The van der Waals surface area contributed by atoms with Crippen molar-refractivity contribution in [1.82, 2.24) is 5.32 Å². The van der Waals surface area contributed by atoms with Crippen LogP contribution in [0.2, 0.25) is 0 Å². The highest BCUT2D eigenvalue weighted by atomic mass is 32.2. The summed E-state index contributed by atoms with van der Waals surface area (Å²) in [5.74, 6) is -1.21. The van der Waals surface area contributed by atoms with E-state index < -0.39 is 27.8 Å². The van der Waals surface area contributed by atoms with Gasteiger partial charge in [-0.25, -0.2) is 17.9 Å². The summed E-state index contributed by atoms with van der Waals surface area (Å²) in [5, 5.41) is 9.19. The Morgan fingerprint density at radius 3 is 2.75 bits per heavy atom. The third kappa shape index (κ3) is 3.26. The zero-order valence-electron chi connectivity index (χ0n) is 9.92. The number of carbonyl (C=O) groups excluding carboxylic acids is 2. The fourth-order valence-corrected chi connectivity index (χ4v) is 2.84. The van der Waals surface area contributed by atoms with Gasteiger partial charge in [0, 0.05) is 5.75 Å². The van der Waals surface area contributed by atoms with Crippen molar-refractivity contribution in [3.63, 3.8) is 0 Å². The first-order chi connectivity index (χ1) is 9.27. The molecule has 1 fully saturated rings. The Labute approximate surface area is 118 Å². The second-order valence-corrected chi connectivity index (χ2v) is 6.53. The number of sulfonamides is 1. The molecule has 0 spiro atoms. The Morgan fingerprint density at radius 1 is 1.50 bits per heavy atom. The van der Waals surface area contributed by atoms with Crippen LogP contribution in [0.1, 0.15) is 0 Å². The molecule has 0 aromatic heterocycles. The van der Waals surface area contributed by atoms with Gasteiger partial charge < -0.3 is 10.6 Å². The number of carbonyl (C=O) groups is 2. The molecule has 4 N–H and O–H groups in total. The molecule has 0 saturated carbocycles. The summed E-state index contributed by atoms with van der Waals surface area (Å²) in [6.45, 7) is 0. The molecule has 1 aromatic rings. The third-order valence-corrected chi connectivity index (χ3v) is 4.30. The molecule has 0 radical (unpaired) electrons. The average Bonchev–Trinajstić information content (AvgIpc) is 2.77. The summed E-state index contributed by atoms with van der Waals surface area (Å²) in [6.07, 6.45) is 0. The molecule has 20 heavy (non-hydrogen) atoms. The van der Waals surface area contributed by atoms with E-state index in [-0.39, 0.29) is 21.6 Å². The van der Waals surface area contributed by atoms with Crippen LogP contribution in [-0.2, 0) is 14.8 Å². The smallest absolute Gasteiger partial charge is 0.279 e. The molecule has 108 valence electrons. The maximum Gasteiger partial charge on any atom is 0.279 e. The molecule has 1 saturated heterocycles. The van der Waals surface area contributed by atoms with Crippen molar-refractivity contribution in [3.8, 4) is 0 Å². The molecule has 7 nitrogen and oxygen atoms in total. The number of nitrogens with two attached hydrogens (primary N) is 1. The fraction of sp³-hybridized carbons (Fsp3) is 0.200. The van der Waals surface area contributed by atoms with E-state index in [9.17, 15) is 22.4 Å². The van der Waals surface area contributed by atoms with Crippen molar-refractivity contribution in [2.45, 2.75) is 10.9 Å². The van der Waals surface area contributed by atoms with E-state index in [1.807, 2.05) is 0 Å². The lowest BCUT2D eigenvalue weighted by atomic mass is 10.2. The second-order valence-electron chi connectivity index (χ2n) is 3.97. The highest BCUT2D eigenvalue weighted by molar-refractivity contribution is 8.14. The van der Waals surface area contributed by atoms with Crippen LogP contribution in [0.3, 0.4) is 0 Å². The lowest BCUT2D eigenvalue weighted by Gasteiger charge is -2.11. The van der Waals surface area contributed by atoms with Gasteiger partial charge in [0.05, 0.1) is 10.6 Å². The maximum atomic E-state index is 13.5. The Bertz CT molecular complexity index is 677. The standard InChI is InChI=1S/C10H10FN3O4S2/c11-6-2-1-5(20(12,17)18)3-7(6)13-9(15)8-4-19-10(16)14-8/h1-3,8H,4H2,(H,13,15)(H,14,16)(H2,12,17,18). The van der Waals surface area contributed by atoms with Crippen LogP contribution >= 0.6 is 11.8 Å². The SMILES string of the molecule is NS(=O)(=O)c1ccc(F)c(NC(=O)C2CSC(=O)N2)c1. The number of amides is 2. The monoisotopic (exact) mass is 319 g/mol. The normalized spacial score (nSPS) is 18.7. The van der Waals surface area contributed by atoms with Gasteiger partial charge >= 0.3 is 0 Å². The summed E-state index contributed by atoms with van der Waals surface area (Å²) in [7, 11) is -4.00.